The van der Waals surface area contributed by atoms with Gasteiger partial charge in [0.15, 0.2) is 0 Å². The molecule has 24 heavy (non-hydrogen) atoms. The van der Waals surface area contributed by atoms with E-state index in [1.165, 1.54) is 29.1 Å². The Kier molecular flexibility index (Phi) is 6.02. The molecule has 0 saturated carbocycles. The second-order valence-electron chi connectivity index (χ2n) is 5.56. The van der Waals surface area contributed by atoms with Crippen LogP contribution in [0.3, 0.4) is 0 Å². The first-order chi connectivity index (χ1) is 11.1. The number of carbonyl (C=O) groups is 1. The van der Waals surface area contributed by atoms with Crippen LogP contribution in [0.5, 0.6) is 0 Å². The van der Waals surface area contributed by atoms with Crippen LogP contribution in [-0.2, 0) is 24.8 Å². The van der Waals surface area contributed by atoms with E-state index in [9.17, 15) is 21.6 Å². The number of hydrogen-bond donors (Lipinski definition) is 1. The second kappa shape index (κ2) is 7.48. The molecular weight excluding hydrogens is 376 g/mol. The molecule has 0 bridgehead atoms. The van der Waals surface area contributed by atoms with Crippen LogP contribution >= 0.6 is 11.3 Å². The van der Waals surface area contributed by atoms with Gasteiger partial charge in [-0.05, 0) is 30.2 Å². The number of methoxy groups -OCH3 is 1. The smallest absolute Gasteiger partial charge is 0.349 e. The van der Waals surface area contributed by atoms with Crippen LogP contribution in [0.15, 0.2) is 16.3 Å². The number of ether oxygens (including phenoxy) is 1. The molecule has 0 amide bonds. The Balaban J connectivity index is 1.97. The van der Waals surface area contributed by atoms with Crippen LogP contribution in [0.25, 0.3) is 0 Å². The predicted octanol–water partition coefficient (Wildman–Crippen LogP) is 0.485. The van der Waals surface area contributed by atoms with Crippen LogP contribution in [0.2, 0.25) is 0 Å². The van der Waals surface area contributed by atoms with Crippen LogP contribution in [-0.4, -0.2) is 60.1 Å². The van der Waals surface area contributed by atoms with Gasteiger partial charge < -0.3 is 4.74 Å². The molecule has 1 N–H and O–H groups in total. The Morgan fingerprint density at radius 3 is 2.50 bits per heavy atom. The lowest BCUT2D eigenvalue weighted by atomic mass is 9.99. The molecule has 0 spiro atoms. The van der Waals surface area contributed by atoms with Gasteiger partial charge in [0.25, 0.3) is 0 Å². The SMILES string of the molecule is COC(=O)c1sccc1S(=O)(=O)NCC1CCN(S(C)(=O)=O)CC1. The number of nitrogens with zero attached hydrogens (tertiary/aromatic N) is 1. The van der Waals surface area contributed by atoms with Crippen molar-refractivity contribution in [1.82, 2.24) is 9.03 Å². The normalized spacial score (nSPS) is 17.8. The van der Waals surface area contributed by atoms with E-state index in [2.05, 4.69) is 9.46 Å². The van der Waals surface area contributed by atoms with Crippen molar-refractivity contribution in [1.29, 1.82) is 0 Å². The first-order valence-electron chi connectivity index (χ1n) is 7.25. The fourth-order valence-corrected chi connectivity index (χ4v) is 5.82. The van der Waals surface area contributed by atoms with Crippen molar-refractivity contribution in [3.05, 3.63) is 16.3 Å². The van der Waals surface area contributed by atoms with Crippen molar-refractivity contribution >= 4 is 37.4 Å². The fourth-order valence-electron chi connectivity index (χ4n) is 2.50. The van der Waals surface area contributed by atoms with Crippen LogP contribution in [0.1, 0.15) is 22.5 Å². The Bertz CT molecular complexity index is 791. The minimum Gasteiger partial charge on any atom is -0.465 e. The molecule has 136 valence electrons. The van der Waals surface area contributed by atoms with E-state index in [1.54, 1.807) is 0 Å². The number of carbonyl (C=O) groups excluding carboxylic acids is 1. The minimum absolute atomic E-state index is 0.0388. The van der Waals surface area contributed by atoms with E-state index >= 15 is 0 Å². The third-order valence-corrected chi connectivity index (χ3v) is 7.69. The Morgan fingerprint density at radius 1 is 1.33 bits per heavy atom. The number of piperidine rings is 1. The number of thiophene rings is 1. The Hall–Kier alpha value is -1.01. The number of esters is 1. The average Bonchev–Trinajstić information content (AvgIpc) is 3.02. The summed E-state index contributed by atoms with van der Waals surface area (Å²) >= 11 is 1.01. The summed E-state index contributed by atoms with van der Waals surface area (Å²) in [6.45, 7) is 0.977. The summed E-state index contributed by atoms with van der Waals surface area (Å²) in [7, 11) is -5.82. The molecule has 0 radical (unpaired) electrons. The quantitative estimate of drug-likeness (QED) is 0.701. The number of nitrogens with one attached hydrogen (secondary N) is 1. The van der Waals surface area contributed by atoms with Gasteiger partial charge in [-0.25, -0.2) is 30.7 Å². The highest BCUT2D eigenvalue weighted by molar-refractivity contribution is 7.89. The molecule has 0 aliphatic carbocycles. The molecule has 0 aromatic carbocycles. The zero-order chi connectivity index (χ0) is 18.0. The molecule has 0 unspecified atom stereocenters. The number of hydrogen-bond acceptors (Lipinski definition) is 7. The summed E-state index contributed by atoms with van der Waals surface area (Å²) in [5.74, 6) is -0.634. The van der Waals surface area contributed by atoms with Gasteiger partial charge in [0.1, 0.15) is 9.77 Å². The van der Waals surface area contributed by atoms with Gasteiger partial charge in [0.2, 0.25) is 20.0 Å². The van der Waals surface area contributed by atoms with E-state index in [0.29, 0.717) is 25.9 Å². The van der Waals surface area contributed by atoms with Gasteiger partial charge in [-0.3, -0.25) is 0 Å². The third kappa shape index (κ3) is 4.54. The lowest BCUT2D eigenvalue weighted by Crippen LogP contribution is -2.41. The Labute approximate surface area is 145 Å². The van der Waals surface area contributed by atoms with Gasteiger partial charge in [0.05, 0.1) is 13.4 Å². The highest BCUT2D eigenvalue weighted by Crippen LogP contribution is 2.24. The standard InChI is InChI=1S/C13H20N2O6S3/c1-21-13(16)12-11(5-8-22-12)24(19,20)14-9-10-3-6-15(7-4-10)23(2,17)18/h5,8,10,14H,3-4,6-7,9H2,1-2H3. The maximum atomic E-state index is 12.4. The summed E-state index contributed by atoms with van der Waals surface area (Å²) in [6, 6.07) is 1.37. The van der Waals surface area contributed by atoms with E-state index in [1.807, 2.05) is 0 Å². The lowest BCUT2D eigenvalue weighted by molar-refractivity contribution is 0.0602. The highest BCUT2D eigenvalue weighted by Gasteiger charge is 2.28. The summed E-state index contributed by atoms with van der Waals surface area (Å²) < 4.78 is 56.2. The molecule has 8 nitrogen and oxygen atoms in total. The van der Waals surface area contributed by atoms with Gasteiger partial charge in [-0.2, -0.15) is 0 Å². The third-order valence-electron chi connectivity index (χ3n) is 3.89. The van der Waals surface area contributed by atoms with Gasteiger partial charge in [-0.15, -0.1) is 11.3 Å². The minimum atomic E-state index is -3.82. The van der Waals surface area contributed by atoms with Crippen molar-refractivity contribution in [2.75, 3.05) is 33.0 Å². The predicted molar refractivity (Wildman–Crippen MR) is 90.0 cm³/mol. The molecular formula is C13H20N2O6S3. The van der Waals surface area contributed by atoms with Gasteiger partial charge in [0, 0.05) is 19.6 Å². The van der Waals surface area contributed by atoms with Gasteiger partial charge in [-0.1, -0.05) is 0 Å². The van der Waals surface area contributed by atoms with Crippen LogP contribution in [0, 0.1) is 5.92 Å². The molecule has 2 rings (SSSR count). The van der Waals surface area contributed by atoms with E-state index < -0.39 is 26.0 Å². The first kappa shape index (κ1) is 19.3. The zero-order valence-electron chi connectivity index (χ0n) is 13.4. The summed E-state index contributed by atoms with van der Waals surface area (Å²) in [5, 5.41) is 1.52. The summed E-state index contributed by atoms with van der Waals surface area (Å²) in [6.07, 6.45) is 2.34. The highest BCUT2D eigenvalue weighted by atomic mass is 32.2. The monoisotopic (exact) mass is 396 g/mol. The van der Waals surface area contributed by atoms with Gasteiger partial charge >= 0.3 is 5.97 Å². The van der Waals surface area contributed by atoms with Crippen LogP contribution in [0.4, 0.5) is 0 Å². The molecule has 1 aromatic rings. The second-order valence-corrected chi connectivity index (χ2v) is 10.2. The van der Waals surface area contributed by atoms with E-state index in [-0.39, 0.29) is 22.2 Å². The molecule has 1 aliphatic heterocycles. The molecule has 1 aliphatic rings. The number of sulfonamides is 2. The topological polar surface area (TPSA) is 110 Å². The first-order valence-corrected chi connectivity index (χ1v) is 11.5. The molecule has 2 heterocycles. The van der Waals surface area contributed by atoms with Crippen molar-refractivity contribution in [3.8, 4) is 0 Å². The lowest BCUT2D eigenvalue weighted by Gasteiger charge is -2.30. The number of rotatable bonds is 6. The van der Waals surface area contributed by atoms with Crippen molar-refractivity contribution in [3.63, 3.8) is 0 Å². The Morgan fingerprint density at radius 2 is 1.96 bits per heavy atom. The average molecular weight is 397 g/mol. The van der Waals surface area contributed by atoms with Crippen molar-refractivity contribution in [2.24, 2.45) is 5.92 Å². The molecule has 11 heteroatoms. The fraction of sp³-hybridized carbons (Fsp3) is 0.615. The maximum absolute atomic E-state index is 12.4. The summed E-state index contributed by atoms with van der Waals surface area (Å²) in [5.41, 5.74) is 0. The largest absolute Gasteiger partial charge is 0.465 e. The van der Waals surface area contributed by atoms with Crippen LogP contribution < -0.4 is 4.72 Å². The van der Waals surface area contributed by atoms with E-state index in [0.717, 1.165) is 11.3 Å². The summed E-state index contributed by atoms with van der Waals surface area (Å²) in [4.78, 5) is 11.6. The zero-order valence-corrected chi connectivity index (χ0v) is 15.8. The molecule has 1 fully saturated rings. The molecule has 1 saturated heterocycles. The molecule has 1 aromatic heterocycles. The maximum Gasteiger partial charge on any atom is 0.349 e. The van der Waals surface area contributed by atoms with E-state index in [4.69, 9.17) is 0 Å². The van der Waals surface area contributed by atoms with Crippen molar-refractivity contribution < 1.29 is 26.4 Å². The molecule has 0 atom stereocenters. The van der Waals surface area contributed by atoms with Crippen molar-refractivity contribution in [2.45, 2.75) is 17.7 Å².